The van der Waals surface area contributed by atoms with Crippen LogP contribution in [0.1, 0.15) is 21.5 Å². The Kier molecular flexibility index (Phi) is 4.42. The van der Waals surface area contributed by atoms with Gasteiger partial charge in [0, 0.05) is 20.2 Å². The Morgan fingerprint density at radius 3 is 2.37 bits per heavy atom. The molecule has 0 heterocycles. The van der Waals surface area contributed by atoms with E-state index in [4.69, 9.17) is 0 Å². The summed E-state index contributed by atoms with van der Waals surface area (Å²) in [6, 6.07) is 11.4. The van der Waals surface area contributed by atoms with Crippen LogP contribution in [0.15, 0.2) is 45.3 Å². The molecule has 0 saturated carbocycles. The quantitative estimate of drug-likeness (QED) is 0.770. The summed E-state index contributed by atoms with van der Waals surface area (Å²) in [5.74, 6) is -0.109. The summed E-state index contributed by atoms with van der Waals surface area (Å²) in [5.41, 5.74) is 3.59. The fourth-order valence-electron chi connectivity index (χ4n) is 1.66. The molecule has 0 spiro atoms. The number of carbonyl (C=O) groups is 1. The van der Waals surface area contributed by atoms with Crippen LogP contribution in [0.5, 0.6) is 0 Å². The molecule has 98 valence electrons. The van der Waals surface area contributed by atoms with E-state index < -0.39 is 0 Å². The summed E-state index contributed by atoms with van der Waals surface area (Å²) in [5, 5.41) is 2.92. The van der Waals surface area contributed by atoms with Gasteiger partial charge >= 0.3 is 0 Å². The molecular formula is C15H13Br2NO. The van der Waals surface area contributed by atoms with Crippen molar-refractivity contribution in [1.29, 1.82) is 0 Å². The summed E-state index contributed by atoms with van der Waals surface area (Å²) in [6.07, 6.45) is 0. The number of aryl methyl sites for hydroxylation is 2. The standard InChI is InChI=1S/C15H13Br2NO/c1-9-3-5-11(7-13(9)17)15(19)18-14-8-12(16)6-4-10(14)2/h3-8H,1-2H3,(H,18,19). The van der Waals surface area contributed by atoms with Gasteiger partial charge in [0.2, 0.25) is 0 Å². The highest BCUT2D eigenvalue weighted by atomic mass is 79.9. The fourth-order valence-corrected chi connectivity index (χ4v) is 2.40. The van der Waals surface area contributed by atoms with Crippen molar-refractivity contribution in [3.63, 3.8) is 0 Å². The first kappa shape index (κ1) is 14.3. The highest BCUT2D eigenvalue weighted by Gasteiger charge is 2.09. The molecule has 0 radical (unpaired) electrons. The van der Waals surface area contributed by atoms with Crippen LogP contribution in [-0.4, -0.2) is 5.91 Å². The molecule has 2 rings (SSSR count). The lowest BCUT2D eigenvalue weighted by Crippen LogP contribution is -2.12. The van der Waals surface area contributed by atoms with Gasteiger partial charge in [0.1, 0.15) is 0 Å². The lowest BCUT2D eigenvalue weighted by Gasteiger charge is -2.09. The number of carbonyl (C=O) groups excluding carboxylic acids is 1. The van der Waals surface area contributed by atoms with Crippen molar-refractivity contribution in [1.82, 2.24) is 0 Å². The van der Waals surface area contributed by atoms with Crippen LogP contribution >= 0.6 is 31.9 Å². The summed E-state index contributed by atoms with van der Waals surface area (Å²) >= 11 is 6.84. The van der Waals surface area contributed by atoms with Crippen LogP contribution in [0.3, 0.4) is 0 Å². The minimum atomic E-state index is -0.109. The molecule has 2 aromatic rings. The number of halogens is 2. The van der Waals surface area contributed by atoms with Crippen molar-refractivity contribution >= 4 is 43.5 Å². The third-order valence-corrected chi connectivity index (χ3v) is 4.23. The molecule has 19 heavy (non-hydrogen) atoms. The van der Waals surface area contributed by atoms with Crippen LogP contribution in [0, 0.1) is 13.8 Å². The van der Waals surface area contributed by atoms with Gasteiger partial charge in [0.05, 0.1) is 0 Å². The molecule has 2 aromatic carbocycles. The van der Waals surface area contributed by atoms with Crippen LogP contribution < -0.4 is 5.32 Å². The van der Waals surface area contributed by atoms with E-state index in [1.165, 1.54) is 0 Å². The van der Waals surface area contributed by atoms with E-state index in [1.54, 1.807) is 0 Å². The lowest BCUT2D eigenvalue weighted by molar-refractivity contribution is 0.102. The molecule has 2 nitrogen and oxygen atoms in total. The van der Waals surface area contributed by atoms with Gasteiger partial charge in [0.25, 0.3) is 5.91 Å². The van der Waals surface area contributed by atoms with E-state index in [1.807, 2.05) is 50.2 Å². The van der Waals surface area contributed by atoms with Gasteiger partial charge in [-0.15, -0.1) is 0 Å². The second kappa shape index (κ2) is 5.88. The number of hydrogen-bond donors (Lipinski definition) is 1. The first-order valence-electron chi connectivity index (χ1n) is 5.81. The number of rotatable bonds is 2. The smallest absolute Gasteiger partial charge is 0.255 e. The molecule has 0 aliphatic carbocycles. The Bertz CT molecular complexity index is 638. The molecule has 1 N–H and O–H groups in total. The molecule has 0 bridgehead atoms. The minimum Gasteiger partial charge on any atom is -0.322 e. The average Bonchev–Trinajstić information content (AvgIpc) is 2.37. The monoisotopic (exact) mass is 381 g/mol. The maximum absolute atomic E-state index is 12.2. The number of nitrogens with one attached hydrogen (secondary N) is 1. The number of anilines is 1. The normalized spacial score (nSPS) is 10.3. The largest absolute Gasteiger partial charge is 0.322 e. The molecule has 0 aliphatic rings. The molecule has 0 atom stereocenters. The minimum absolute atomic E-state index is 0.109. The first-order valence-corrected chi connectivity index (χ1v) is 7.39. The molecule has 0 saturated heterocycles. The highest BCUT2D eigenvalue weighted by Crippen LogP contribution is 2.22. The lowest BCUT2D eigenvalue weighted by atomic mass is 10.1. The third kappa shape index (κ3) is 3.45. The van der Waals surface area contributed by atoms with E-state index in [-0.39, 0.29) is 5.91 Å². The maximum Gasteiger partial charge on any atom is 0.255 e. The van der Waals surface area contributed by atoms with Crippen molar-refractivity contribution in [2.45, 2.75) is 13.8 Å². The molecule has 0 aliphatic heterocycles. The van der Waals surface area contributed by atoms with Crippen molar-refractivity contribution in [2.24, 2.45) is 0 Å². The molecule has 0 unspecified atom stereocenters. The topological polar surface area (TPSA) is 29.1 Å². The predicted octanol–water partition coefficient (Wildman–Crippen LogP) is 5.08. The Labute approximate surface area is 129 Å². The van der Waals surface area contributed by atoms with Crippen LogP contribution in [0.4, 0.5) is 5.69 Å². The van der Waals surface area contributed by atoms with E-state index in [0.717, 1.165) is 25.8 Å². The van der Waals surface area contributed by atoms with Crippen LogP contribution in [0.25, 0.3) is 0 Å². The zero-order valence-corrected chi connectivity index (χ0v) is 13.8. The van der Waals surface area contributed by atoms with Crippen molar-refractivity contribution in [2.75, 3.05) is 5.32 Å². The zero-order chi connectivity index (χ0) is 14.0. The Morgan fingerprint density at radius 2 is 1.68 bits per heavy atom. The Balaban J connectivity index is 2.25. The molecular weight excluding hydrogens is 370 g/mol. The summed E-state index contributed by atoms with van der Waals surface area (Å²) in [4.78, 5) is 12.2. The second-order valence-electron chi connectivity index (χ2n) is 4.38. The van der Waals surface area contributed by atoms with Gasteiger partial charge in [-0.25, -0.2) is 0 Å². The first-order chi connectivity index (χ1) is 8.97. The fraction of sp³-hybridized carbons (Fsp3) is 0.133. The summed E-state index contributed by atoms with van der Waals surface area (Å²) in [7, 11) is 0. The third-order valence-electron chi connectivity index (χ3n) is 2.88. The highest BCUT2D eigenvalue weighted by molar-refractivity contribution is 9.10. The maximum atomic E-state index is 12.2. The molecule has 0 fully saturated rings. The van der Waals surface area contributed by atoms with Gasteiger partial charge in [-0.05, 0) is 49.2 Å². The van der Waals surface area contributed by atoms with E-state index in [9.17, 15) is 4.79 Å². The van der Waals surface area contributed by atoms with Gasteiger partial charge in [-0.2, -0.15) is 0 Å². The molecule has 0 aromatic heterocycles. The number of amides is 1. The van der Waals surface area contributed by atoms with Crippen LogP contribution in [-0.2, 0) is 0 Å². The van der Waals surface area contributed by atoms with Gasteiger partial charge in [-0.3, -0.25) is 4.79 Å². The van der Waals surface area contributed by atoms with Gasteiger partial charge in [-0.1, -0.05) is 44.0 Å². The van der Waals surface area contributed by atoms with E-state index >= 15 is 0 Å². The van der Waals surface area contributed by atoms with Crippen molar-refractivity contribution < 1.29 is 4.79 Å². The zero-order valence-electron chi connectivity index (χ0n) is 10.6. The van der Waals surface area contributed by atoms with E-state index in [2.05, 4.69) is 37.2 Å². The summed E-state index contributed by atoms with van der Waals surface area (Å²) < 4.78 is 1.88. The van der Waals surface area contributed by atoms with E-state index in [0.29, 0.717) is 5.56 Å². The molecule has 1 amide bonds. The van der Waals surface area contributed by atoms with Crippen molar-refractivity contribution in [3.05, 3.63) is 62.0 Å². The predicted molar refractivity (Wildman–Crippen MR) is 85.7 cm³/mol. The van der Waals surface area contributed by atoms with Gasteiger partial charge < -0.3 is 5.32 Å². The Morgan fingerprint density at radius 1 is 1.00 bits per heavy atom. The molecule has 4 heteroatoms. The van der Waals surface area contributed by atoms with Crippen LogP contribution in [0.2, 0.25) is 0 Å². The number of benzene rings is 2. The summed E-state index contributed by atoms with van der Waals surface area (Å²) in [6.45, 7) is 3.96. The van der Waals surface area contributed by atoms with Crippen molar-refractivity contribution in [3.8, 4) is 0 Å². The number of hydrogen-bond acceptors (Lipinski definition) is 1. The average molecular weight is 383 g/mol. The SMILES string of the molecule is Cc1ccc(C(=O)Nc2cc(Br)ccc2C)cc1Br. The Hall–Kier alpha value is -1.13. The second-order valence-corrected chi connectivity index (χ2v) is 6.15. The van der Waals surface area contributed by atoms with Gasteiger partial charge in [0.15, 0.2) is 0 Å².